The SMILES string of the molecule is CC1(C)c2ccccc2-c2c(N(c3ccc(-c4cc5ccccc5c5c4ccc4ccccc45)cc3)c3ccccc3-c3ccc4ccccc4c3)cccc21. The van der Waals surface area contributed by atoms with E-state index in [0.717, 1.165) is 11.4 Å². The predicted molar refractivity (Wildman–Crippen MR) is 240 cm³/mol. The Morgan fingerprint density at radius 2 is 0.946 bits per heavy atom. The second-order valence-corrected chi connectivity index (χ2v) is 15.7. The van der Waals surface area contributed by atoms with Crippen molar-refractivity contribution in [2.45, 2.75) is 19.3 Å². The van der Waals surface area contributed by atoms with Crippen LogP contribution in [0.5, 0.6) is 0 Å². The van der Waals surface area contributed by atoms with Gasteiger partial charge in [-0.05, 0) is 113 Å². The Balaban J connectivity index is 1.14. The van der Waals surface area contributed by atoms with Crippen LogP contribution in [0.1, 0.15) is 25.0 Å². The molecule has 1 aliphatic rings. The van der Waals surface area contributed by atoms with Gasteiger partial charge in [0.2, 0.25) is 0 Å². The Kier molecular flexibility index (Phi) is 7.28. The maximum Gasteiger partial charge on any atom is 0.0543 e. The van der Waals surface area contributed by atoms with E-state index in [1.54, 1.807) is 0 Å². The highest BCUT2D eigenvalue weighted by Crippen LogP contribution is 2.55. The van der Waals surface area contributed by atoms with Crippen molar-refractivity contribution >= 4 is 60.2 Å². The minimum absolute atomic E-state index is 0.114. The number of hydrogen-bond acceptors (Lipinski definition) is 1. The number of fused-ring (bicyclic) bond motifs is 9. The maximum atomic E-state index is 2.50. The largest absolute Gasteiger partial charge is 0.309 e. The van der Waals surface area contributed by atoms with Crippen LogP contribution in [0.2, 0.25) is 0 Å². The van der Waals surface area contributed by atoms with Crippen molar-refractivity contribution in [2.75, 3.05) is 4.90 Å². The average Bonchev–Trinajstić information content (AvgIpc) is 3.50. The summed E-state index contributed by atoms with van der Waals surface area (Å²) in [7, 11) is 0. The zero-order valence-corrected chi connectivity index (χ0v) is 31.5. The lowest BCUT2D eigenvalue weighted by Crippen LogP contribution is -2.16. The fourth-order valence-corrected chi connectivity index (χ4v) is 9.50. The van der Waals surface area contributed by atoms with E-state index in [1.165, 1.54) is 93.3 Å². The third kappa shape index (κ3) is 4.94. The van der Waals surface area contributed by atoms with Crippen LogP contribution in [-0.2, 0) is 5.41 Å². The highest BCUT2D eigenvalue weighted by Gasteiger charge is 2.38. The van der Waals surface area contributed by atoms with Gasteiger partial charge in [-0.15, -0.1) is 0 Å². The summed E-state index contributed by atoms with van der Waals surface area (Å²) < 4.78 is 0. The van der Waals surface area contributed by atoms with E-state index in [4.69, 9.17) is 0 Å². The maximum absolute atomic E-state index is 2.50. The number of rotatable bonds is 5. The lowest BCUT2D eigenvalue weighted by Gasteiger charge is -2.30. The van der Waals surface area contributed by atoms with Gasteiger partial charge in [0.25, 0.3) is 0 Å². The van der Waals surface area contributed by atoms with Crippen LogP contribution in [0, 0.1) is 0 Å². The van der Waals surface area contributed by atoms with Gasteiger partial charge < -0.3 is 4.90 Å². The zero-order valence-electron chi connectivity index (χ0n) is 31.5. The van der Waals surface area contributed by atoms with Gasteiger partial charge in [-0.2, -0.15) is 0 Å². The Hall–Kier alpha value is -6.96. The Morgan fingerprint density at radius 1 is 0.357 bits per heavy atom. The molecule has 0 saturated heterocycles. The molecule has 10 aromatic rings. The Bertz CT molecular complexity index is 3150. The first kappa shape index (κ1) is 32.5. The minimum atomic E-state index is -0.114. The number of nitrogens with zero attached hydrogens (tertiary/aromatic N) is 1. The summed E-state index contributed by atoms with van der Waals surface area (Å²) in [4.78, 5) is 2.50. The smallest absolute Gasteiger partial charge is 0.0543 e. The fourth-order valence-electron chi connectivity index (χ4n) is 9.50. The summed E-state index contributed by atoms with van der Waals surface area (Å²) in [5.74, 6) is 0. The Labute approximate surface area is 327 Å². The van der Waals surface area contributed by atoms with Crippen LogP contribution >= 0.6 is 0 Å². The summed E-state index contributed by atoms with van der Waals surface area (Å²) >= 11 is 0. The minimum Gasteiger partial charge on any atom is -0.309 e. The van der Waals surface area contributed by atoms with E-state index < -0.39 is 0 Å². The molecule has 0 radical (unpaired) electrons. The molecule has 0 aliphatic heterocycles. The van der Waals surface area contributed by atoms with Crippen molar-refractivity contribution < 1.29 is 0 Å². The van der Waals surface area contributed by atoms with Crippen molar-refractivity contribution in [2.24, 2.45) is 0 Å². The van der Waals surface area contributed by atoms with Crippen LogP contribution in [0.25, 0.3) is 76.5 Å². The summed E-state index contributed by atoms with van der Waals surface area (Å²) in [5.41, 5.74) is 13.5. The van der Waals surface area contributed by atoms with E-state index in [2.05, 4.69) is 219 Å². The molecule has 0 bridgehead atoms. The second-order valence-electron chi connectivity index (χ2n) is 15.7. The average molecular weight is 714 g/mol. The van der Waals surface area contributed by atoms with Gasteiger partial charge in [-0.3, -0.25) is 0 Å². The molecule has 10 aromatic carbocycles. The van der Waals surface area contributed by atoms with E-state index in [9.17, 15) is 0 Å². The highest BCUT2D eigenvalue weighted by atomic mass is 15.1. The molecule has 11 rings (SSSR count). The lowest BCUT2D eigenvalue weighted by atomic mass is 9.82. The summed E-state index contributed by atoms with van der Waals surface area (Å²) in [6, 6.07) is 74.0. The molecular weight excluding hydrogens is 675 g/mol. The first-order valence-corrected chi connectivity index (χ1v) is 19.6. The topological polar surface area (TPSA) is 3.24 Å². The number of hydrogen-bond donors (Lipinski definition) is 0. The normalized spacial score (nSPS) is 13.0. The third-order valence-electron chi connectivity index (χ3n) is 12.2. The van der Waals surface area contributed by atoms with E-state index in [-0.39, 0.29) is 5.41 Å². The van der Waals surface area contributed by atoms with E-state index in [0.29, 0.717) is 0 Å². The summed E-state index contributed by atoms with van der Waals surface area (Å²) in [6.07, 6.45) is 0. The highest BCUT2D eigenvalue weighted by molar-refractivity contribution is 6.24. The van der Waals surface area contributed by atoms with Crippen LogP contribution in [0.4, 0.5) is 17.1 Å². The summed E-state index contributed by atoms with van der Waals surface area (Å²) in [6.45, 7) is 4.72. The summed E-state index contributed by atoms with van der Waals surface area (Å²) in [5, 5.41) is 10.2. The molecule has 0 unspecified atom stereocenters. The van der Waals surface area contributed by atoms with Crippen molar-refractivity contribution in [1.29, 1.82) is 0 Å². The first-order valence-electron chi connectivity index (χ1n) is 19.6. The second kappa shape index (κ2) is 12.5. The zero-order chi connectivity index (χ0) is 37.4. The monoisotopic (exact) mass is 713 g/mol. The van der Waals surface area contributed by atoms with Gasteiger partial charge in [-0.1, -0.05) is 178 Å². The fraction of sp³-hybridized carbons (Fsp3) is 0.0545. The number of para-hydroxylation sites is 1. The molecule has 1 aliphatic carbocycles. The van der Waals surface area contributed by atoms with Gasteiger partial charge in [0.15, 0.2) is 0 Å². The lowest BCUT2D eigenvalue weighted by molar-refractivity contribution is 0.660. The number of benzene rings is 10. The molecule has 1 heteroatoms. The standard InChI is InChI=1S/C55H39N/c1-55(2)49-22-11-9-21-47(49)54-50(55)23-13-25-52(54)56(51-24-12-10-18-43(51)41-27-26-36-14-3-4-16-39(36)34-41)42-31-28-38(29-32-42)48-35-40-17-6-8-20-45(40)53-44-19-7-5-15-37(44)30-33-46(48)53/h3-35H,1-2H3. The quantitative estimate of drug-likeness (QED) is 0.161. The van der Waals surface area contributed by atoms with Gasteiger partial charge in [0.1, 0.15) is 0 Å². The van der Waals surface area contributed by atoms with Crippen LogP contribution in [0.3, 0.4) is 0 Å². The third-order valence-corrected chi connectivity index (χ3v) is 12.2. The molecular formula is C55H39N. The van der Waals surface area contributed by atoms with Crippen LogP contribution in [-0.4, -0.2) is 0 Å². The molecule has 0 atom stereocenters. The first-order chi connectivity index (χ1) is 27.5. The number of anilines is 3. The van der Waals surface area contributed by atoms with E-state index >= 15 is 0 Å². The molecule has 0 amide bonds. The van der Waals surface area contributed by atoms with Crippen LogP contribution in [0.15, 0.2) is 200 Å². The Morgan fingerprint density at radius 3 is 1.77 bits per heavy atom. The van der Waals surface area contributed by atoms with Crippen molar-refractivity contribution in [3.63, 3.8) is 0 Å². The van der Waals surface area contributed by atoms with Crippen molar-refractivity contribution in [1.82, 2.24) is 0 Å². The molecule has 0 N–H and O–H groups in total. The molecule has 56 heavy (non-hydrogen) atoms. The molecule has 0 aromatic heterocycles. The van der Waals surface area contributed by atoms with Crippen molar-refractivity contribution in [3.05, 3.63) is 211 Å². The molecule has 0 spiro atoms. The van der Waals surface area contributed by atoms with Crippen LogP contribution < -0.4 is 4.90 Å². The molecule has 264 valence electrons. The molecule has 0 fully saturated rings. The van der Waals surface area contributed by atoms with Gasteiger partial charge in [0.05, 0.1) is 11.4 Å². The predicted octanol–water partition coefficient (Wildman–Crippen LogP) is 15.4. The molecule has 0 saturated carbocycles. The molecule has 0 heterocycles. The van der Waals surface area contributed by atoms with Gasteiger partial charge >= 0.3 is 0 Å². The van der Waals surface area contributed by atoms with Gasteiger partial charge in [-0.25, -0.2) is 0 Å². The molecule has 1 nitrogen and oxygen atoms in total. The van der Waals surface area contributed by atoms with Gasteiger partial charge in [0, 0.05) is 22.2 Å². The van der Waals surface area contributed by atoms with E-state index in [1.807, 2.05) is 0 Å². The van der Waals surface area contributed by atoms with Crippen molar-refractivity contribution in [3.8, 4) is 33.4 Å².